The Hall–Kier alpha value is -0.580. The third-order valence-electron chi connectivity index (χ3n) is 1.25. The van der Waals surface area contributed by atoms with E-state index in [-0.39, 0.29) is 35.3 Å². The number of rotatable bonds is 3. The van der Waals surface area contributed by atoms with Crippen molar-refractivity contribution in [1.29, 1.82) is 0 Å². The molecule has 0 radical (unpaired) electrons. The molecule has 0 spiro atoms. The molecule has 4 nitrogen and oxygen atoms in total. The molecule has 0 aliphatic rings. The Kier molecular flexibility index (Phi) is 5.70. The van der Waals surface area contributed by atoms with Crippen LogP contribution in [-0.2, 0) is 0 Å². The molecule has 5 heteroatoms. The van der Waals surface area contributed by atoms with Gasteiger partial charge in [-0.05, 0) is 13.0 Å². The quantitative estimate of drug-likeness (QED) is 0.471. The number of carboxylic acids is 1. The number of carbonyl (C=O) groups excluding carboxylic acids is 1. The number of aromatic carboxylic acids is 1. The van der Waals surface area contributed by atoms with E-state index in [1.807, 2.05) is 6.92 Å². The normalized spacial score (nSPS) is 8.69. The van der Waals surface area contributed by atoms with Crippen molar-refractivity contribution >= 4 is 5.97 Å². The van der Waals surface area contributed by atoms with Crippen LogP contribution in [0.4, 0.5) is 0 Å². The smallest absolute Gasteiger partial charge is 0.543 e. The van der Waals surface area contributed by atoms with Crippen LogP contribution in [0.2, 0.25) is 0 Å². The number of carboxylic acid groups (broad SMARTS) is 1. The van der Waals surface area contributed by atoms with Crippen LogP contribution < -0.4 is 39.4 Å². The molecule has 1 heterocycles. The van der Waals surface area contributed by atoms with Gasteiger partial charge in [0.05, 0.1) is 18.3 Å². The molecular weight excluding hydrogens is 181 g/mol. The predicted molar refractivity (Wildman–Crippen MR) is 39.7 cm³/mol. The second-order valence-electron chi connectivity index (χ2n) is 2.10. The number of carbonyl (C=O) groups is 1. The Labute approximate surface area is 98.2 Å². The Morgan fingerprint density at radius 2 is 2.38 bits per heavy atom. The molecular formula is C8H8NNaO3. The molecule has 0 atom stereocenters. The van der Waals surface area contributed by atoms with Gasteiger partial charge in [-0.3, -0.25) is 4.98 Å². The van der Waals surface area contributed by atoms with Crippen molar-refractivity contribution in [3.63, 3.8) is 0 Å². The van der Waals surface area contributed by atoms with Gasteiger partial charge in [-0.1, -0.05) is 0 Å². The van der Waals surface area contributed by atoms with Crippen LogP contribution in [0.25, 0.3) is 0 Å². The zero-order valence-electron chi connectivity index (χ0n) is 7.61. The molecule has 1 rings (SSSR count). The van der Waals surface area contributed by atoms with Crippen molar-refractivity contribution < 1.29 is 44.2 Å². The fourth-order valence-corrected chi connectivity index (χ4v) is 0.779. The summed E-state index contributed by atoms with van der Waals surface area (Å²) < 4.78 is 5.07. The molecule has 0 saturated heterocycles. The monoisotopic (exact) mass is 189 g/mol. The zero-order chi connectivity index (χ0) is 8.97. The Balaban J connectivity index is 0.00000144. The molecule has 64 valence electrons. The molecule has 0 aromatic carbocycles. The van der Waals surface area contributed by atoms with Crippen LogP contribution in [0, 0.1) is 0 Å². The summed E-state index contributed by atoms with van der Waals surface area (Å²) in [6.07, 6.45) is 1.37. The van der Waals surface area contributed by atoms with Gasteiger partial charge in [-0.2, -0.15) is 0 Å². The summed E-state index contributed by atoms with van der Waals surface area (Å²) in [6.45, 7) is 2.32. The van der Waals surface area contributed by atoms with Gasteiger partial charge in [0.2, 0.25) is 0 Å². The largest absolute Gasteiger partial charge is 1.00 e. The summed E-state index contributed by atoms with van der Waals surface area (Å²) in [5.74, 6) is -0.803. The van der Waals surface area contributed by atoms with Crippen molar-refractivity contribution in [2.75, 3.05) is 6.61 Å². The first-order valence-corrected chi connectivity index (χ1v) is 3.54. The molecule has 1 aromatic rings. The maximum Gasteiger partial charge on any atom is 1.00 e. The summed E-state index contributed by atoms with van der Waals surface area (Å²) in [6, 6.07) is 2.93. The van der Waals surface area contributed by atoms with E-state index in [4.69, 9.17) is 4.74 Å². The van der Waals surface area contributed by atoms with Gasteiger partial charge >= 0.3 is 29.6 Å². The first kappa shape index (κ1) is 12.4. The van der Waals surface area contributed by atoms with Crippen LogP contribution in [0.5, 0.6) is 5.75 Å². The van der Waals surface area contributed by atoms with Gasteiger partial charge in [-0.15, -0.1) is 0 Å². The van der Waals surface area contributed by atoms with E-state index >= 15 is 0 Å². The molecule has 0 unspecified atom stereocenters. The summed E-state index contributed by atoms with van der Waals surface area (Å²) in [5, 5.41) is 10.3. The van der Waals surface area contributed by atoms with E-state index in [1.54, 1.807) is 6.07 Å². The standard InChI is InChI=1S/C8H9NO3.Na/c1-2-12-6-3-4-9-7(5-6)8(10)11;/h3-5H,2H2,1H3,(H,10,11);/q;+1/p-1. The zero-order valence-corrected chi connectivity index (χ0v) is 9.61. The number of ether oxygens (including phenoxy) is 1. The van der Waals surface area contributed by atoms with Crippen molar-refractivity contribution in [3.8, 4) is 5.75 Å². The predicted octanol–water partition coefficient (Wildman–Crippen LogP) is -3.15. The molecule has 0 aliphatic heterocycles. The molecule has 0 aliphatic carbocycles. The van der Waals surface area contributed by atoms with E-state index in [2.05, 4.69) is 4.98 Å². The second kappa shape index (κ2) is 5.96. The minimum Gasteiger partial charge on any atom is -0.543 e. The van der Waals surface area contributed by atoms with Gasteiger partial charge in [0.25, 0.3) is 0 Å². The summed E-state index contributed by atoms with van der Waals surface area (Å²) in [5.41, 5.74) is -0.110. The maximum absolute atomic E-state index is 10.3. The fourth-order valence-electron chi connectivity index (χ4n) is 0.779. The average Bonchev–Trinajstić information content (AvgIpc) is 2.05. The molecule has 13 heavy (non-hydrogen) atoms. The molecule has 0 N–H and O–H groups in total. The maximum atomic E-state index is 10.3. The summed E-state index contributed by atoms with van der Waals surface area (Å²) in [7, 11) is 0. The van der Waals surface area contributed by atoms with Crippen LogP contribution in [0.15, 0.2) is 18.3 Å². The van der Waals surface area contributed by atoms with Crippen LogP contribution in [-0.4, -0.2) is 17.6 Å². The minimum atomic E-state index is -1.29. The van der Waals surface area contributed by atoms with E-state index in [9.17, 15) is 9.90 Å². The first-order chi connectivity index (χ1) is 5.74. The summed E-state index contributed by atoms with van der Waals surface area (Å²) in [4.78, 5) is 13.9. The van der Waals surface area contributed by atoms with Crippen molar-refractivity contribution in [2.45, 2.75) is 6.92 Å². The number of pyridine rings is 1. The Morgan fingerprint density at radius 3 is 2.92 bits per heavy atom. The summed E-state index contributed by atoms with van der Waals surface area (Å²) >= 11 is 0. The molecule has 0 fully saturated rings. The molecule has 1 aromatic heterocycles. The first-order valence-electron chi connectivity index (χ1n) is 3.54. The minimum absolute atomic E-state index is 0. The van der Waals surface area contributed by atoms with Gasteiger partial charge in [0.15, 0.2) is 0 Å². The van der Waals surface area contributed by atoms with Gasteiger partial charge < -0.3 is 14.6 Å². The Morgan fingerprint density at radius 1 is 1.69 bits per heavy atom. The number of hydrogen-bond donors (Lipinski definition) is 0. The van der Waals surface area contributed by atoms with E-state index in [0.29, 0.717) is 12.4 Å². The third kappa shape index (κ3) is 3.76. The van der Waals surface area contributed by atoms with Crippen molar-refractivity contribution in [2.24, 2.45) is 0 Å². The Bertz CT molecular complexity index is 290. The number of hydrogen-bond acceptors (Lipinski definition) is 4. The van der Waals surface area contributed by atoms with E-state index < -0.39 is 5.97 Å². The third-order valence-corrected chi connectivity index (χ3v) is 1.25. The van der Waals surface area contributed by atoms with Crippen LogP contribution >= 0.6 is 0 Å². The van der Waals surface area contributed by atoms with Crippen LogP contribution in [0.1, 0.15) is 17.4 Å². The molecule has 0 amide bonds. The van der Waals surface area contributed by atoms with E-state index in [1.165, 1.54) is 12.3 Å². The van der Waals surface area contributed by atoms with Gasteiger partial charge in [0, 0.05) is 12.3 Å². The van der Waals surface area contributed by atoms with Crippen molar-refractivity contribution in [1.82, 2.24) is 4.98 Å². The number of nitrogens with zero attached hydrogens (tertiary/aromatic N) is 1. The number of aromatic nitrogens is 1. The average molecular weight is 189 g/mol. The van der Waals surface area contributed by atoms with Gasteiger partial charge in [0.1, 0.15) is 5.75 Å². The second-order valence-corrected chi connectivity index (χ2v) is 2.10. The van der Waals surface area contributed by atoms with Crippen molar-refractivity contribution in [3.05, 3.63) is 24.0 Å². The molecule has 0 saturated carbocycles. The SMILES string of the molecule is CCOc1ccnc(C(=O)[O-])c1.[Na+]. The fraction of sp³-hybridized carbons (Fsp3) is 0.250. The van der Waals surface area contributed by atoms with Crippen LogP contribution in [0.3, 0.4) is 0 Å². The van der Waals surface area contributed by atoms with Gasteiger partial charge in [-0.25, -0.2) is 0 Å². The topological polar surface area (TPSA) is 62.2 Å². The van der Waals surface area contributed by atoms with E-state index in [0.717, 1.165) is 0 Å². The molecule has 0 bridgehead atoms.